The Labute approximate surface area is 148 Å². The summed E-state index contributed by atoms with van der Waals surface area (Å²) >= 11 is 0. The fourth-order valence-electron chi connectivity index (χ4n) is 3.00. The maximum absolute atomic E-state index is 12.4. The molecule has 0 saturated heterocycles. The highest BCUT2D eigenvalue weighted by Crippen LogP contribution is 2.33. The quantitative estimate of drug-likeness (QED) is 0.787. The number of esters is 1. The lowest BCUT2D eigenvalue weighted by Crippen LogP contribution is -2.22. The van der Waals surface area contributed by atoms with Crippen LogP contribution in [0.15, 0.2) is 53.4 Å². The molecule has 0 N–H and O–H groups in total. The maximum Gasteiger partial charge on any atom is 0.338 e. The van der Waals surface area contributed by atoms with E-state index in [1.54, 1.807) is 0 Å². The fraction of sp³-hybridized carbons (Fsp3) is 0.316. The van der Waals surface area contributed by atoms with Gasteiger partial charge in [0.25, 0.3) is 0 Å². The third-order valence-electron chi connectivity index (χ3n) is 4.43. The summed E-state index contributed by atoms with van der Waals surface area (Å²) in [6.45, 7) is 0. The predicted molar refractivity (Wildman–Crippen MR) is 94.9 cm³/mol. The van der Waals surface area contributed by atoms with Gasteiger partial charge in [0.1, 0.15) is 6.10 Å². The van der Waals surface area contributed by atoms with Crippen LogP contribution in [0.25, 0.3) is 0 Å². The number of hydrogen-bond donors (Lipinski definition) is 0. The van der Waals surface area contributed by atoms with E-state index in [-0.39, 0.29) is 11.0 Å². The molecule has 5 nitrogen and oxygen atoms in total. The number of carbonyl (C=O) groups excluding carboxylic acids is 1. The van der Waals surface area contributed by atoms with E-state index in [2.05, 4.69) is 6.07 Å². The lowest BCUT2D eigenvalue weighted by Gasteiger charge is -2.25. The second-order valence-electron chi connectivity index (χ2n) is 6.30. The van der Waals surface area contributed by atoms with E-state index in [9.17, 15) is 13.2 Å². The van der Waals surface area contributed by atoms with Gasteiger partial charge in [-0.25, -0.2) is 17.5 Å². The molecule has 1 aliphatic rings. The smallest absolute Gasteiger partial charge is 0.338 e. The monoisotopic (exact) mass is 359 g/mol. The van der Waals surface area contributed by atoms with Crippen LogP contribution in [0.4, 0.5) is 0 Å². The molecule has 2 aromatic rings. The van der Waals surface area contributed by atoms with Crippen LogP contribution >= 0.6 is 0 Å². The minimum absolute atomic E-state index is 0.150. The normalized spacial score (nSPS) is 17.2. The van der Waals surface area contributed by atoms with Crippen molar-refractivity contribution >= 4 is 16.0 Å². The summed E-state index contributed by atoms with van der Waals surface area (Å²) in [5.41, 5.74) is 2.63. The summed E-state index contributed by atoms with van der Waals surface area (Å²) in [5.74, 6) is -0.435. The van der Waals surface area contributed by atoms with Crippen molar-refractivity contribution in [3.05, 3.63) is 65.2 Å². The van der Waals surface area contributed by atoms with Crippen LogP contribution in [-0.2, 0) is 21.2 Å². The van der Waals surface area contributed by atoms with Crippen molar-refractivity contribution < 1.29 is 17.9 Å². The Morgan fingerprint density at radius 1 is 1.08 bits per heavy atom. The highest BCUT2D eigenvalue weighted by Gasteiger charge is 2.24. The van der Waals surface area contributed by atoms with Crippen molar-refractivity contribution in [2.45, 2.75) is 30.3 Å². The highest BCUT2D eigenvalue weighted by molar-refractivity contribution is 7.89. The minimum atomic E-state index is -3.51. The molecule has 0 bridgehead atoms. The number of sulfonamides is 1. The summed E-state index contributed by atoms with van der Waals surface area (Å²) in [5, 5.41) is 0. The highest BCUT2D eigenvalue weighted by atomic mass is 32.2. The van der Waals surface area contributed by atoms with Crippen molar-refractivity contribution in [1.82, 2.24) is 4.31 Å². The van der Waals surface area contributed by atoms with Gasteiger partial charge in [-0.05, 0) is 54.7 Å². The average molecular weight is 359 g/mol. The molecule has 1 aliphatic carbocycles. The molecule has 0 aliphatic heterocycles. The van der Waals surface area contributed by atoms with Gasteiger partial charge in [-0.2, -0.15) is 0 Å². The van der Waals surface area contributed by atoms with E-state index in [4.69, 9.17) is 4.74 Å². The maximum atomic E-state index is 12.4. The van der Waals surface area contributed by atoms with E-state index in [0.717, 1.165) is 29.1 Å². The molecule has 0 saturated carbocycles. The van der Waals surface area contributed by atoms with Gasteiger partial charge in [0.05, 0.1) is 10.5 Å². The number of aryl methyl sites for hydroxylation is 1. The van der Waals surface area contributed by atoms with Crippen LogP contribution in [0.3, 0.4) is 0 Å². The zero-order valence-electron chi connectivity index (χ0n) is 14.3. The van der Waals surface area contributed by atoms with Gasteiger partial charge in [0.2, 0.25) is 10.0 Å². The minimum Gasteiger partial charge on any atom is -0.454 e. The van der Waals surface area contributed by atoms with E-state index < -0.39 is 16.0 Å². The van der Waals surface area contributed by atoms with Crippen molar-refractivity contribution in [3.63, 3.8) is 0 Å². The Bertz CT molecular complexity index is 873. The largest absolute Gasteiger partial charge is 0.454 e. The number of carbonyl (C=O) groups is 1. The molecule has 0 aromatic heterocycles. The molecule has 0 radical (unpaired) electrons. The first kappa shape index (κ1) is 17.6. The molecule has 0 amide bonds. The molecule has 6 heteroatoms. The molecule has 25 heavy (non-hydrogen) atoms. The van der Waals surface area contributed by atoms with Crippen molar-refractivity contribution in [3.8, 4) is 0 Å². The summed E-state index contributed by atoms with van der Waals surface area (Å²) < 4.78 is 31.0. The molecule has 0 fully saturated rings. The van der Waals surface area contributed by atoms with E-state index in [1.165, 1.54) is 43.9 Å². The number of ether oxygens (including phenoxy) is 1. The second kappa shape index (κ2) is 6.98. The van der Waals surface area contributed by atoms with Gasteiger partial charge in [0, 0.05) is 14.1 Å². The van der Waals surface area contributed by atoms with Crippen molar-refractivity contribution in [1.29, 1.82) is 0 Å². The van der Waals surface area contributed by atoms with Gasteiger partial charge in [-0.3, -0.25) is 0 Å². The molecule has 132 valence electrons. The summed E-state index contributed by atoms with van der Waals surface area (Å²) in [4.78, 5) is 12.6. The average Bonchev–Trinajstić information content (AvgIpc) is 2.62. The molecule has 0 heterocycles. The standard InChI is InChI=1S/C19H21NO4S/c1-20(2)25(22,23)16-12-10-15(11-13-16)19(21)24-18-9-5-7-14-6-3-4-8-17(14)18/h3-4,6,8,10-13,18H,5,7,9H2,1-2H3. The van der Waals surface area contributed by atoms with E-state index >= 15 is 0 Å². The van der Waals surface area contributed by atoms with Gasteiger partial charge in [-0.15, -0.1) is 0 Å². The topological polar surface area (TPSA) is 63.7 Å². The predicted octanol–water partition coefficient (Wildman–Crippen LogP) is 3.17. The van der Waals surface area contributed by atoms with Crippen molar-refractivity contribution in [2.24, 2.45) is 0 Å². The third-order valence-corrected chi connectivity index (χ3v) is 6.26. The molecule has 3 rings (SSSR count). The first-order chi connectivity index (χ1) is 11.9. The second-order valence-corrected chi connectivity index (χ2v) is 8.45. The van der Waals surface area contributed by atoms with Gasteiger partial charge >= 0.3 is 5.97 Å². The van der Waals surface area contributed by atoms with Crippen molar-refractivity contribution in [2.75, 3.05) is 14.1 Å². The SMILES string of the molecule is CN(C)S(=O)(=O)c1ccc(C(=O)OC2CCCc3ccccc32)cc1. The van der Waals surface area contributed by atoms with Crippen LogP contribution in [0.5, 0.6) is 0 Å². The molecule has 0 spiro atoms. The van der Waals surface area contributed by atoms with Crippen LogP contribution in [-0.4, -0.2) is 32.8 Å². The molecular formula is C19H21NO4S. The first-order valence-electron chi connectivity index (χ1n) is 8.21. The summed E-state index contributed by atoms with van der Waals surface area (Å²) in [6.07, 6.45) is 2.54. The number of nitrogens with zero attached hydrogens (tertiary/aromatic N) is 1. The van der Waals surface area contributed by atoms with E-state index in [0.29, 0.717) is 5.56 Å². The number of hydrogen-bond acceptors (Lipinski definition) is 4. The van der Waals surface area contributed by atoms with Crippen LogP contribution in [0.2, 0.25) is 0 Å². The van der Waals surface area contributed by atoms with Crippen LogP contribution in [0, 0.1) is 0 Å². The van der Waals surface area contributed by atoms with Crippen LogP contribution in [0.1, 0.15) is 40.4 Å². The van der Waals surface area contributed by atoms with Gasteiger partial charge < -0.3 is 4.74 Å². The Balaban J connectivity index is 1.77. The third kappa shape index (κ3) is 3.60. The number of rotatable bonds is 4. The van der Waals surface area contributed by atoms with Gasteiger partial charge in [-0.1, -0.05) is 24.3 Å². The fourth-order valence-corrected chi connectivity index (χ4v) is 3.90. The first-order valence-corrected chi connectivity index (χ1v) is 9.65. The summed E-state index contributed by atoms with van der Waals surface area (Å²) in [7, 11) is -0.565. The lowest BCUT2D eigenvalue weighted by atomic mass is 9.89. The molecule has 1 atom stereocenters. The Hall–Kier alpha value is -2.18. The Morgan fingerprint density at radius 2 is 1.76 bits per heavy atom. The lowest BCUT2D eigenvalue weighted by molar-refractivity contribution is 0.0256. The zero-order chi connectivity index (χ0) is 18.0. The number of fused-ring (bicyclic) bond motifs is 1. The summed E-state index contributed by atoms with van der Waals surface area (Å²) in [6, 6.07) is 13.9. The van der Waals surface area contributed by atoms with E-state index in [1.807, 2.05) is 18.2 Å². The molecular weight excluding hydrogens is 338 g/mol. The zero-order valence-corrected chi connectivity index (χ0v) is 15.1. The number of benzene rings is 2. The Kier molecular flexibility index (Phi) is 4.92. The molecule has 1 unspecified atom stereocenters. The Morgan fingerprint density at radius 3 is 2.44 bits per heavy atom. The van der Waals surface area contributed by atoms with Gasteiger partial charge in [0.15, 0.2) is 0 Å². The molecule has 2 aromatic carbocycles. The van der Waals surface area contributed by atoms with Crippen LogP contribution < -0.4 is 0 Å².